The lowest BCUT2D eigenvalue weighted by Crippen LogP contribution is -2.31. The number of amides is 1. The number of benzene rings is 1. The van der Waals surface area contributed by atoms with Crippen molar-refractivity contribution < 1.29 is 13.2 Å². The Kier molecular flexibility index (Phi) is 4.98. The number of sulfonamides is 1. The smallest absolute Gasteiger partial charge is 0.251 e. The van der Waals surface area contributed by atoms with Crippen molar-refractivity contribution in [2.75, 3.05) is 18.6 Å². The van der Waals surface area contributed by atoms with Gasteiger partial charge in [0.2, 0.25) is 10.0 Å². The highest BCUT2D eigenvalue weighted by molar-refractivity contribution is 7.98. The van der Waals surface area contributed by atoms with E-state index in [-0.39, 0.29) is 18.2 Å². The van der Waals surface area contributed by atoms with E-state index in [2.05, 4.69) is 5.32 Å². The third-order valence-corrected chi connectivity index (χ3v) is 3.54. The van der Waals surface area contributed by atoms with Gasteiger partial charge in [-0.3, -0.25) is 4.79 Å². The van der Waals surface area contributed by atoms with E-state index >= 15 is 0 Å². The molecule has 0 radical (unpaired) electrons. The molecule has 1 amide bonds. The highest BCUT2D eigenvalue weighted by Gasteiger charge is 2.07. The van der Waals surface area contributed by atoms with Gasteiger partial charge in [0.15, 0.2) is 0 Å². The lowest BCUT2D eigenvalue weighted by atomic mass is 10.2. The molecule has 0 atom stereocenters. The second-order valence-electron chi connectivity index (χ2n) is 3.35. The summed E-state index contributed by atoms with van der Waals surface area (Å²) in [6.45, 7) is 0.0158. The maximum absolute atomic E-state index is 11.6. The highest BCUT2D eigenvalue weighted by Crippen LogP contribution is 2.14. The van der Waals surface area contributed by atoms with Crippen molar-refractivity contribution in [1.82, 2.24) is 5.32 Å². The summed E-state index contributed by atoms with van der Waals surface area (Å²) in [5.74, 6) is -0.567. The predicted molar refractivity (Wildman–Crippen MR) is 68.5 cm³/mol. The third kappa shape index (κ3) is 5.20. The Labute approximate surface area is 105 Å². The van der Waals surface area contributed by atoms with Gasteiger partial charge in [0.1, 0.15) is 0 Å². The van der Waals surface area contributed by atoms with Gasteiger partial charge >= 0.3 is 0 Å². The summed E-state index contributed by atoms with van der Waals surface area (Å²) < 4.78 is 21.3. The number of thioether (sulfide) groups is 1. The molecule has 0 saturated heterocycles. The van der Waals surface area contributed by atoms with Crippen LogP contribution in [0.25, 0.3) is 0 Å². The van der Waals surface area contributed by atoms with E-state index in [9.17, 15) is 13.2 Å². The fraction of sp³-hybridized carbons (Fsp3) is 0.300. The van der Waals surface area contributed by atoms with Crippen LogP contribution >= 0.6 is 11.8 Å². The lowest BCUT2D eigenvalue weighted by Gasteiger charge is -2.04. The fourth-order valence-corrected chi connectivity index (χ4v) is 1.95. The second kappa shape index (κ2) is 6.04. The van der Waals surface area contributed by atoms with E-state index in [1.165, 1.54) is 0 Å². The average molecular weight is 274 g/mol. The molecule has 0 aliphatic carbocycles. The number of hydrogen-bond donors (Lipinski definition) is 2. The molecule has 5 nitrogen and oxygen atoms in total. The molecule has 0 heterocycles. The summed E-state index contributed by atoms with van der Waals surface area (Å²) in [4.78, 5) is 12.6. The van der Waals surface area contributed by atoms with E-state index in [0.717, 1.165) is 4.90 Å². The topological polar surface area (TPSA) is 89.3 Å². The summed E-state index contributed by atoms with van der Waals surface area (Å²) in [6.07, 6.45) is 1.95. The van der Waals surface area contributed by atoms with Gasteiger partial charge in [-0.2, -0.15) is 0 Å². The van der Waals surface area contributed by atoms with Crippen LogP contribution in [0.5, 0.6) is 0 Å². The average Bonchev–Trinajstić information content (AvgIpc) is 2.27. The largest absolute Gasteiger partial charge is 0.351 e. The SMILES string of the molecule is CSc1ccc(C(=O)NCCS(N)(=O)=O)cc1. The van der Waals surface area contributed by atoms with Crippen LogP contribution < -0.4 is 10.5 Å². The molecule has 0 spiro atoms. The number of nitrogens with one attached hydrogen (secondary N) is 1. The molecule has 0 unspecified atom stereocenters. The number of primary sulfonamides is 1. The molecule has 94 valence electrons. The van der Waals surface area contributed by atoms with E-state index in [0.29, 0.717) is 5.56 Å². The van der Waals surface area contributed by atoms with Gasteiger partial charge in [0.25, 0.3) is 5.91 Å². The Balaban J connectivity index is 2.52. The molecule has 7 heteroatoms. The van der Waals surface area contributed by atoms with E-state index in [1.54, 1.807) is 23.9 Å². The van der Waals surface area contributed by atoms with Crippen LogP contribution in [0.2, 0.25) is 0 Å². The molecular formula is C10H14N2O3S2. The van der Waals surface area contributed by atoms with Crippen LogP contribution in [-0.2, 0) is 10.0 Å². The first-order valence-electron chi connectivity index (χ1n) is 4.85. The summed E-state index contributed by atoms with van der Waals surface area (Å²) in [7, 11) is -3.53. The Hall–Kier alpha value is -1.05. The minimum atomic E-state index is -3.53. The van der Waals surface area contributed by atoms with Crippen molar-refractivity contribution in [2.45, 2.75) is 4.90 Å². The standard InChI is InChI=1S/C10H14N2O3S2/c1-16-9-4-2-8(3-5-9)10(13)12-6-7-17(11,14)15/h2-5H,6-7H2,1H3,(H,12,13)(H2,11,14,15). The van der Waals surface area contributed by atoms with Crippen LogP contribution in [0.15, 0.2) is 29.2 Å². The molecular weight excluding hydrogens is 260 g/mol. The predicted octanol–water partition coefficient (Wildman–Crippen LogP) is 0.427. The van der Waals surface area contributed by atoms with Gasteiger partial charge in [0.05, 0.1) is 5.75 Å². The van der Waals surface area contributed by atoms with Gasteiger partial charge in [0, 0.05) is 17.0 Å². The van der Waals surface area contributed by atoms with Crippen molar-refractivity contribution in [3.05, 3.63) is 29.8 Å². The van der Waals surface area contributed by atoms with Crippen LogP contribution in [-0.4, -0.2) is 32.9 Å². The molecule has 0 bridgehead atoms. The van der Waals surface area contributed by atoms with Gasteiger partial charge < -0.3 is 5.32 Å². The van der Waals surface area contributed by atoms with Crippen molar-refractivity contribution in [3.63, 3.8) is 0 Å². The minimum absolute atomic E-state index is 0.0158. The van der Waals surface area contributed by atoms with Crippen LogP contribution in [0.3, 0.4) is 0 Å². The van der Waals surface area contributed by atoms with E-state index < -0.39 is 10.0 Å². The number of carbonyl (C=O) groups is 1. The van der Waals surface area contributed by atoms with Crippen LogP contribution in [0.4, 0.5) is 0 Å². The molecule has 17 heavy (non-hydrogen) atoms. The summed E-state index contributed by atoms with van der Waals surface area (Å²) in [5, 5.41) is 7.30. The maximum Gasteiger partial charge on any atom is 0.251 e. The lowest BCUT2D eigenvalue weighted by molar-refractivity contribution is 0.0956. The van der Waals surface area contributed by atoms with Crippen LogP contribution in [0.1, 0.15) is 10.4 Å². The van der Waals surface area contributed by atoms with Crippen molar-refractivity contribution in [2.24, 2.45) is 5.14 Å². The molecule has 0 saturated carbocycles. The Morgan fingerprint density at radius 1 is 1.35 bits per heavy atom. The minimum Gasteiger partial charge on any atom is -0.351 e. The quantitative estimate of drug-likeness (QED) is 0.762. The molecule has 0 fully saturated rings. The molecule has 1 aromatic rings. The summed E-state index contributed by atoms with van der Waals surface area (Å²) in [6, 6.07) is 7.05. The first-order chi connectivity index (χ1) is 7.92. The van der Waals surface area contributed by atoms with Gasteiger partial charge in [-0.05, 0) is 30.5 Å². The zero-order valence-corrected chi connectivity index (χ0v) is 11.0. The maximum atomic E-state index is 11.6. The third-order valence-electron chi connectivity index (χ3n) is 2.02. The monoisotopic (exact) mass is 274 g/mol. The molecule has 0 aromatic heterocycles. The fourth-order valence-electron chi connectivity index (χ4n) is 1.15. The Bertz CT molecular complexity index is 483. The number of hydrogen-bond acceptors (Lipinski definition) is 4. The molecule has 1 aromatic carbocycles. The highest BCUT2D eigenvalue weighted by atomic mass is 32.2. The second-order valence-corrected chi connectivity index (χ2v) is 5.97. The van der Waals surface area contributed by atoms with E-state index in [1.807, 2.05) is 18.4 Å². The number of rotatable bonds is 5. The summed E-state index contributed by atoms with van der Waals surface area (Å²) in [5.41, 5.74) is 0.497. The molecule has 0 aliphatic rings. The molecule has 0 aliphatic heterocycles. The van der Waals surface area contributed by atoms with Gasteiger partial charge in [-0.1, -0.05) is 0 Å². The van der Waals surface area contributed by atoms with Crippen molar-refractivity contribution in [1.29, 1.82) is 0 Å². The summed E-state index contributed by atoms with van der Waals surface area (Å²) >= 11 is 1.58. The van der Waals surface area contributed by atoms with Gasteiger partial charge in [-0.15, -0.1) is 11.8 Å². The first-order valence-corrected chi connectivity index (χ1v) is 7.79. The van der Waals surface area contributed by atoms with Gasteiger partial charge in [-0.25, -0.2) is 13.6 Å². The van der Waals surface area contributed by atoms with Crippen molar-refractivity contribution in [3.8, 4) is 0 Å². The Morgan fingerprint density at radius 2 is 1.94 bits per heavy atom. The molecule has 3 N–H and O–H groups in total. The first kappa shape index (κ1) is 14.0. The number of nitrogens with two attached hydrogens (primary N) is 1. The van der Waals surface area contributed by atoms with Crippen molar-refractivity contribution >= 4 is 27.7 Å². The van der Waals surface area contributed by atoms with Crippen LogP contribution in [0, 0.1) is 0 Å². The zero-order chi connectivity index (χ0) is 12.9. The molecule has 1 rings (SSSR count). The zero-order valence-electron chi connectivity index (χ0n) is 9.34. The van der Waals surface area contributed by atoms with E-state index in [4.69, 9.17) is 5.14 Å². The number of carbonyl (C=O) groups excluding carboxylic acids is 1. The normalized spacial score (nSPS) is 11.2. The Morgan fingerprint density at radius 3 is 2.41 bits per heavy atom.